The molecule has 1 aromatic rings. The summed E-state index contributed by atoms with van der Waals surface area (Å²) in [5, 5.41) is 10.6. The average molecular weight is 320 g/mol. The molecule has 5 heteroatoms. The van der Waals surface area contributed by atoms with Crippen LogP contribution in [-0.2, 0) is 0 Å². The van der Waals surface area contributed by atoms with Crippen LogP contribution in [0.3, 0.4) is 0 Å². The first kappa shape index (κ1) is 17.6. The van der Waals surface area contributed by atoms with Gasteiger partial charge in [-0.1, -0.05) is 30.2 Å². The fourth-order valence-corrected chi connectivity index (χ4v) is 2.69. The molecule has 114 valence electrons. The Bertz CT molecular complexity index is 403. The van der Waals surface area contributed by atoms with Crippen molar-refractivity contribution in [2.75, 3.05) is 19.7 Å². The minimum Gasteiger partial charge on any atom is -0.489 e. The van der Waals surface area contributed by atoms with E-state index < -0.39 is 6.10 Å². The molecule has 1 aliphatic heterocycles. The zero-order chi connectivity index (χ0) is 13.7. The zero-order valence-electron chi connectivity index (χ0n) is 11.8. The molecule has 1 heterocycles. The molecular formula is C15H23Cl2NO2. The zero-order valence-corrected chi connectivity index (χ0v) is 13.4. The summed E-state index contributed by atoms with van der Waals surface area (Å²) >= 11 is 6.01. The fourth-order valence-electron chi connectivity index (χ4n) is 2.50. The third-order valence-electron chi connectivity index (χ3n) is 3.65. The van der Waals surface area contributed by atoms with Crippen molar-refractivity contribution in [1.29, 1.82) is 0 Å². The Morgan fingerprint density at radius 3 is 2.85 bits per heavy atom. The van der Waals surface area contributed by atoms with Gasteiger partial charge >= 0.3 is 0 Å². The smallest absolute Gasteiger partial charge is 0.138 e. The largest absolute Gasteiger partial charge is 0.489 e. The molecule has 0 bridgehead atoms. The molecule has 1 fully saturated rings. The van der Waals surface area contributed by atoms with Gasteiger partial charge in [-0.05, 0) is 38.4 Å². The number of benzene rings is 1. The van der Waals surface area contributed by atoms with Crippen molar-refractivity contribution in [3.8, 4) is 5.75 Å². The minimum atomic E-state index is -0.475. The number of piperidine rings is 1. The summed E-state index contributed by atoms with van der Waals surface area (Å²) in [4.78, 5) is 2.34. The van der Waals surface area contributed by atoms with Crippen molar-refractivity contribution >= 4 is 24.0 Å². The number of nitrogens with zero attached hydrogens (tertiary/aromatic N) is 1. The number of aliphatic hydroxyl groups excluding tert-OH is 1. The lowest BCUT2D eigenvalue weighted by Gasteiger charge is -2.34. The van der Waals surface area contributed by atoms with Gasteiger partial charge in [-0.2, -0.15) is 0 Å². The van der Waals surface area contributed by atoms with Crippen molar-refractivity contribution in [3.63, 3.8) is 0 Å². The third-order valence-corrected chi connectivity index (χ3v) is 3.97. The van der Waals surface area contributed by atoms with Crippen molar-refractivity contribution in [1.82, 2.24) is 4.90 Å². The molecule has 0 aliphatic carbocycles. The molecule has 0 saturated carbocycles. The molecule has 1 saturated heterocycles. The van der Waals surface area contributed by atoms with E-state index in [9.17, 15) is 5.11 Å². The van der Waals surface area contributed by atoms with Crippen molar-refractivity contribution in [2.45, 2.75) is 38.3 Å². The van der Waals surface area contributed by atoms with Crippen LogP contribution in [0.1, 0.15) is 26.2 Å². The average Bonchev–Trinajstić information content (AvgIpc) is 2.40. The van der Waals surface area contributed by atoms with Crippen molar-refractivity contribution in [3.05, 3.63) is 29.3 Å². The molecule has 2 atom stereocenters. The van der Waals surface area contributed by atoms with Crippen LogP contribution in [0.5, 0.6) is 5.75 Å². The maximum atomic E-state index is 10.1. The Labute approximate surface area is 132 Å². The van der Waals surface area contributed by atoms with Crippen LogP contribution in [-0.4, -0.2) is 41.8 Å². The number of aliphatic hydroxyl groups is 1. The number of para-hydroxylation sites is 1. The molecule has 3 nitrogen and oxygen atoms in total. The molecule has 2 rings (SSSR count). The van der Waals surface area contributed by atoms with Crippen LogP contribution in [0.25, 0.3) is 0 Å². The fraction of sp³-hybridized carbons (Fsp3) is 0.600. The summed E-state index contributed by atoms with van der Waals surface area (Å²) in [5.41, 5.74) is 0. The van der Waals surface area contributed by atoms with Gasteiger partial charge in [0, 0.05) is 12.6 Å². The third kappa shape index (κ3) is 5.13. The predicted molar refractivity (Wildman–Crippen MR) is 85.1 cm³/mol. The second kappa shape index (κ2) is 8.73. The van der Waals surface area contributed by atoms with Gasteiger partial charge in [-0.25, -0.2) is 0 Å². The van der Waals surface area contributed by atoms with E-state index in [2.05, 4.69) is 11.8 Å². The van der Waals surface area contributed by atoms with Gasteiger partial charge in [-0.3, -0.25) is 4.90 Å². The summed E-state index contributed by atoms with van der Waals surface area (Å²) in [5.74, 6) is 0.634. The van der Waals surface area contributed by atoms with E-state index in [0.29, 0.717) is 23.4 Å². The number of likely N-dealkylation sites (tertiary alicyclic amines) is 1. The van der Waals surface area contributed by atoms with Crippen LogP contribution in [0.4, 0.5) is 0 Å². The topological polar surface area (TPSA) is 32.7 Å². The first-order valence-electron chi connectivity index (χ1n) is 6.96. The summed E-state index contributed by atoms with van der Waals surface area (Å²) in [6.45, 7) is 4.25. The van der Waals surface area contributed by atoms with Crippen LogP contribution in [0.15, 0.2) is 24.3 Å². The molecule has 0 amide bonds. The Hall–Kier alpha value is -0.480. The van der Waals surface area contributed by atoms with E-state index >= 15 is 0 Å². The summed E-state index contributed by atoms with van der Waals surface area (Å²) in [7, 11) is 0. The van der Waals surface area contributed by atoms with Crippen LogP contribution in [0, 0.1) is 0 Å². The Morgan fingerprint density at radius 2 is 2.15 bits per heavy atom. The lowest BCUT2D eigenvalue weighted by atomic mass is 10.0. The van der Waals surface area contributed by atoms with Crippen molar-refractivity contribution in [2.24, 2.45) is 0 Å². The number of rotatable bonds is 5. The van der Waals surface area contributed by atoms with Crippen molar-refractivity contribution < 1.29 is 9.84 Å². The maximum absolute atomic E-state index is 10.1. The molecule has 20 heavy (non-hydrogen) atoms. The highest BCUT2D eigenvalue weighted by Gasteiger charge is 2.21. The van der Waals surface area contributed by atoms with Crippen LogP contribution in [0.2, 0.25) is 5.02 Å². The number of ether oxygens (including phenoxy) is 1. The highest BCUT2D eigenvalue weighted by Crippen LogP contribution is 2.23. The number of halogens is 2. The highest BCUT2D eigenvalue weighted by atomic mass is 35.5. The van der Waals surface area contributed by atoms with Gasteiger partial charge in [0.25, 0.3) is 0 Å². The Balaban J connectivity index is 0.00000200. The number of hydrogen-bond acceptors (Lipinski definition) is 3. The lowest BCUT2D eigenvalue weighted by molar-refractivity contribution is 0.0438. The predicted octanol–water partition coefficient (Wildman–Crippen LogP) is 3.38. The molecule has 1 N–H and O–H groups in total. The summed E-state index contributed by atoms with van der Waals surface area (Å²) < 4.78 is 5.57. The molecule has 0 aromatic heterocycles. The quantitative estimate of drug-likeness (QED) is 0.903. The van der Waals surface area contributed by atoms with E-state index in [-0.39, 0.29) is 19.0 Å². The SMILES string of the molecule is CC1CCCCN1CC(O)COc1ccccc1Cl.Cl. The molecule has 1 aliphatic rings. The lowest BCUT2D eigenvalue weighted by Crippen LogP contribution is -2.43. The number of hydrogen-bond donors (Lipinski definition) is 1. The second-order valence-corrected chi connectivity index (χ2v) is 5.64. The van der Waals surface area contributed by atoms with Crippen LogP contribution < -0.4 is 4.74 Å². The van der Waals surface area contributed by atoms with E-state index in [1.54, 1.807) is 6.07 Å². The van der Waals surface area contributed by atoms with E-state index in [1.807, 2.05) is 18.2 Å². The normalized spacial score (nSPS) is 21.1. The first-order valence-corrected chi connectivity index (χ1v) is 7.34. The Morgan fingerprint density at radius 1 is 1.40 bits per heavy atom. The van der Waals surface area contributed by atoms with E-state index in [1.165, 1.54) is 19.3 Å². The van der Waals surface area contributed by atoms with Gasteiger partial charge in [0.2, 0.25) is 0 Å². The van der Waals surface area contributed by atoms with Gasteiger partial charge in [0.1, 0.15) is 18.5 Å². The second-order valence-electron chi connectivity index (χ2n) is 5.23. The van der Waals surface area contributed by atoms with Crippen LogP contribution >= 0.6 is 24.0 Å². The monoisotopic (exact) mass is 319 g/mol. The highest BCUT2D eigenvalue weighted by molar-refractivity contribution is 6.32. The molecular weight excluding hydrogens is 297 g/mol. The standard InChI is InChI=1S/C15H22ClNO2.ClH/c1-12-6-4-5-9-17(12)10-13(18)11-19-15-8-3-2-7-14(15)16;/h2-3,7-8,12-13,18H,4-6,9-11H2,1H3;1H. The summed E-state index contributed by atoms with van der Waals surface area (Å²) in [6, 6.07) is 7.90. The summed E-state index contributed by atoms with van der Waals surface area (Å²) in [6.07, 6.45) is 3.27. The minimum absolute atomic E-state index is 0. The molecule has 0 radical (unpaired) electrons. The molecule has 1 aromatic carbocycles. The Kier molecular flexibility index (Phi) is 7.67. The van der Waals surface area contributed by atoms with Gasteiger partial charge in [-0.15, -0.1) is 12.4 Å². The van der Waals surface area contributed by atoms with E-state index in [0.717, 1.165) is 6.54 Å². The van der Waals surface area contributed by atoms with Gasteiger partial charge in [0.05, 0.1) is 5.02 Å². The van der Waals surface area contributed by atoms with E-state index in [4.69, 9.17) is 16.3 Å². The first-order chi connectivity index (χ1) is 9.16. The molecule has 2 unspecified atom stereocenters. The molecule has 0 spiro atoms. The van der Waals surface area contributed by atoms with Gasteiger partial charge < -0.3 is 9.84 Å². The van der Waals surface area contributed by atoms with Gasteiger partial charge in [0.15, 0.2) is 0 Å². The number of β-amino-alcohol motifs (C(OH)–C–C–N with tert-alkyl or cyclic N) is 1. The maximum Gasteiger partial charge on any atom is 0.138 e.